The number of H-pyrrole nitrogens is 1. The smallest absolute Gasteiger partial charge is 0.227 e. The number of likely N-dealkylation sites (tertiary alicyclic amines) is 1. The number of carbonyl (C=O) groups is 1. The van der Waals surface area contributed by atoms with Crippen LogP contribution < -0.4 is 11.1 Å². The normalized spacial score (nSPS) is 18.6. The monoisotopic (exact) mass is 574 g/mol. The molecular weight excluding hydrogens is 546 g/mol. The Kier molecular flexibility index (Phi) is 8.02. The van der Waals surface area contributed by atoms with Gasteiger partial charge in [-0.3, -0.25) is 4.79 Å². The molecule has 1 fully saturated rings. The summed E-state index contributed by atoms with van der Waals surface area (Å²) in [5, 5.41) is 4.33. The van der Waals surface area contributed by atoms with Crippen LogP contribution in [0.25, 0.3) is 11.0 Å². The van der Waals surface area contributed by atoms with E-state index in [1.807, 2.05) is 48.3 Å². The van der Waals surface area contributed by atoms with Crippen molar-refractivity contribution in [2.75, 3.05) is 24.1 Å². The van der Waals surface area contributed by atoms with Crippen molar-refractivity contribution >= 4 is 57.0 Å². The second-order valence-electron chi connectivity index (χ2n) is 9.03. The van der Waals surface area contributed by atoms with Gasteiger partial charge in [-0.25, -0.2) is 14.4 Å². The Hall–Kier alpha value is -1.88. The van der Waals surface area contributed by atoms with Gasteiger partial charge in [0.15, 0.2) is 11.6 Å². The number of hydrogen-bond donors (Lipinski definition) is 3. The number of pyridine rings is 1. The van der Waals surface area contributed by atoms with Gasteiger partial charge < -0.3 is 20.9 Å². The minimum absolute atomic E-state index is 0.112. The number of aromatic nitrogens is 2. The summed E-state index contributed by atoms with van der Waals surface area (Å²) in [6.45, 7) is 7.70. The summed E-state index contributed by atoms with van der Waals surface area (Å²) >= 11 is 8.01. The topological polar surface area (TPSA) is 99.4 Å². The molecule has 4 N–H and O–H groups in total. The first kappa shape index (κ1) is 24.8. The van der Waals surface area contributed by atoms with E-state index < -0.39 is 5.41 Å². The molecule has 1 aliphatic rings. The number of nitrogens with two attached hydrogens (primary N) is 1. The minimum atomic E-state index is -0.413. The van der Waals surface area contributed by atoms with Gasteiger partial charge in [-0.05, 0) is 24.8 Å². The van der Waals surface area contributed by atoms with E-state index in [2.05, 4.69) is 20.3 Å². The van der Waals surface area contributed by atoms with Gasteiger partial charge in [0.1, 0.15) is 11.5 Å². The van der Waals surface area contributed by atoms with Crippen LogP contribution in [0, 0.1) is 11.3 Å². The molecule has 0 bridgehead atoms. The third kappa shape index (κ3) is 5.92. The van der Waals surface area contributed by atoms with E-state index in [0.717, 1.165) is 24.8 Å². The lowest BCUT2D eigenvalue weighted by Crippen LogP contribution is -2.47. The van der Waals surface area contributed by atoms with Gasteiger partial charge in [0, 0.05) is 48.4 Å². The number of carbonyl (C=O) groups excluding carboxylic acids is 1. The van der Waals surface area contributed by atoms with Gasteiger partial charge >= 0.3 is 0 Å². The highest BCUT2D eigenvalue weighted by molar-refractivity contribution is 14.1. The van der Waals surface area contributed by atoms with Gasteiger partial charge in [0.05, 0.1) is 9.45 Å². The highest BCUT2D eigenvalue weighted by Crippen LogP contribution is 2.24. The standard InChI is InChI=1S/C22H29ClFIN6O/c1-22(2,3)21(32)31-6-4-5-13(12-31)9-27-20(17(24)8-25)30-18(26)16-11-29-19-15(16)7-14(23)10-28-19/h7,10-11,13,27H,4-6,8-9,12H2,1-3H3,(H2,26,30)(H,28,29)/b20-17+. The molecule has 1 saturated heterocycles. The summed E-state index contributed by atoms with van der Waals surface area (Å²) in [5.41, 5.74) is 7.05. The second-order valence-corrected chi connectivity index (χ2v) is 10.2. The fraction of sp³-hybridized carbons (Fsp3) is 0.500. The number of amidine groups is 1. The van der Waals surface area contributed by atoms with Crippen molar-refractivity contribution in [3.8, 4) is 0 Å². The lowest BCUT2D eigenvalue weighted by Gasteiger charge is -2.36. The van der Waals surface area contributed by atoms with E-state index >= 15 is 0 Å². The van der Waals surface area contributed by atoms with Crippen LogP contribution in [0.5, 0.6) is 0 Å². The molecule has 1 aliphatic heterocycles. The molecule has 10 heteroatoms. The zero-order valence-electron chi connectivity index (χ0n) is 18.5. The van der Waals surface area contributed by atoms with Crippen LogP contribution in [-0.4, -0.2) is 50.7 Å². The molecular formula is C22H29ClFIN6O. The zero-order valence-corrected chi connectivity index (χ0v) is 21.4. The number of aliphatic imine (C=N–C) groups is 1. The predicted molar refractivity (Wildman–Crippen MR) is 136 cm³/mol. The Balaban J connectivity index is 1.75. The molecule has 174 valence electrons. The highest BCUT2D eigenvalue weighted by atomic mass is 127. The van der Waals surface area contributed by atoms with E-state index in [0.29, 0.717) is 29.3 Å². The van der Waals surface area contributed by atoms with E-state index in [9.17, 15) is 9.18 Å². The molecule has 7 nitrogen and oxygen atoms in total. The molecule has 2 aromatic heterocycles. The average Bonchev–Trinajstić information content (AvgIpc) is 3.18. The Morgan fingerprint density at radius 2 is 2.25 bits per heavy atom. The molecule has 0 aliphatic carbocycles. The molecule has 0 spiro atoms. The third-order valence-electron chi connectivity index (χ3n) is 5.39. The van der Waals surface area contributed by atoms with Crippen LogP contribution in [0.2, 0.25) is 5.02 Å². The maximum atomic E-state index is 14.6. The van der Waals surface area contributed by atoms with E-state index in [4.69, 9.17) is 17.3 Å². The van der Waals surface area contributed by atoms with Crippen LogP contribution in [0.4, 0.5) is 4.39 Å². The molecule has 3 heterocycles. The first-order chi connectivity index (χ1) is 15.1. The number of piperidine rings is 1. The first-order valence-electron chi connectivity index (χ1n) is 10.5. The zero-order chi connectivity index (χ0) is 23.5. The Morgan fingerprint density at radius 1 is 1.50 bits per heavy atom. The van der Waals surface area contributed by atoms with Crippen LogP contribution in [-0.2, 0) is 4.79 Å². The highest BCUT2D eigenvalue weighted by Gasteiger charge is 2.31. The van der Waals surface area contributed by atoms with Gasteiger partial charge in [-0.15, -0.1) is 0 Å². The van der Waals surface area contributed by atoms with Crippen molar-refractivity contribution < 1.29 is 9.18 Å². The number of halogens is 3. The first-order valence-corrected chi connectivity index (χ1v) is 12.5. The van der Waals surface area contributed by atoms with E-state index in [1.165, 1.54) is 6.20 Å². The van der Waals surface area contributed by atoms with Crippen molar-refractivity contribution in [3.63, 3.8) is 0 Å². The number of allylic oxidation sites excluding steroid dienone is 1. The lowest BCUT2D eigenvalue weighted by molar-refractivity contribution is -0.141. The number of aromatic amines is 1. The molecule has 0 aromatic carbocycles. The largest absolute Gasteiger partial charge is 0.383 e. The molecule has 3 rings (SSSR count). The number of hydrogen-bond acceptors (Lipinski definition) is 4. The summed E-state index contributed by atoms with van der Waals surface area (Å²) in [5.74, 6) is 0.240. The Bertz CT molecular complexity index is 1040. The molecule has 1 atom stereocenters. The summed E-state index contributed by atoms with van der Waals surface area (Å²) in [6, 6.07) is 1.74. The average molecular weight is 575 g/mol. The van der Waals surface area contributed by atoms with Gasteiger partial charge in [0.2, 0.25) is 5.91 Å². The van der Waals surface area contributed by atoms with Crippen molar-refractivity contribution in [2.45, 2.75) is 33.6 Å². The number of rotatable bonds is 6. The Morgan fingerprint density at radius 3 is 2.94 bits per heavy atom. The van der Waals surface area contributed by atoms with Crippen LogP contribution in [0.1, 0.15) is 39.2 Å². The molecule has 32 heavy (non-hydrogen) atoms. The van der Waals surface area contributed by atoms with Gasteiger partial charge in [0.25, 0.3) is 0 Å². The fourth-order valence-electron chi connectivity index (χ4n) is 3.76. The maximum absolute atomic E-state index is 14.6. The minimum Gasteiger partial charge on any atom is -0.383 e. The maximum Gasteiger partial charge on any atom is 0.227 e. The van der Waals surface area contributed by atoms with E-state index in [1.54, 1.807) is 12.3 Å². The number of fused-ring (bicyclic) bond motifs is 1. The van der Waals surface area contributed by atoms with Gasteiger partial charge in [-0.2, -0.15) is 0 Å². The molecule has 1 amide bonds. The van der Waals surface area contributed by atoms with Gasteiger partial charge in [-0.1, -0.05) is 55.0 Å². The quantitative estimate of drug-likeness (QED) is 0.207. The van der Waals surface area contributed by atoms with Crippen molar-refractivity contribution in [3.05, 3.63) is 40.7 Å². The van der Waals surface area contributed by atoms with Crippen LogP contribution in [0.15, 0.2) is 35.1 Å². The second kappa shape index (κ2) is 10.4. The molecule has 0 saturated carbocycles. The summed E-state index contributed by atoms with van der Waals surface area (Å²) in [7, 11) is 0. The number of amides is 1. The van der Waals surface area contributed by atoms with Crippen molar-refractivity contribution in [2.24, 2.45) is 22.1 Å². The number of alkyl halides is 1. The third-order valence-corrected chi connectivity index (χ3v) is 6.26. The lowest BCUT2D eigenvalue weighted by atomic mass is 9.91. The predicted octanol–water partition coefficient (Wildman–Crippen LogP) is 4.37. The Labute approximate surface area is 206 Å². The fourth-order valence-corrected chi connectivity index (χ4v) is 4.28. The van der Waals surface area contributed by atoms with E-state index in [-0.39, 0.29) is 33.7 Å². The molecule has 1 unspecified atom stereocenters. The van der Waals surface area contributed by atoms with Crippen LogP contribution >= 0.6 is 34.2 Å². The SMILES string of the molecule is CC(C)(C)C(=O)N1CCCC(CNC(/N=C(\N)c2c[nH]c3ncc(Cl)cc23)=C(\F)CI)C1. The summed E-state index contributed by atoms with van der Waals surface area (Å²) < 4.78 is 14.8. The number of nitrogens with zero attached hydrogens (tertiary/aromatic N) is 3. The van der Waals surface area contributed by atoms with Crippen molar-refractivity contribution in [1.29, 1.82) is 0 Å². The summed E-state index contributed by atoms with van der Waals surface area (Å²) in [6.07, 6.45) is 5.11. The van der Waals surface area contributed by atoms with Crippen LogP contribution in [0.3, 0.4) is 0 Å². The summed E-state index contributed by atoms with van der Waals surface area (Å²) in [4.78, 5) is 26.2. The molecule has 2 aromatic rings. The molecule has 0 radical (unpaired) electrons. The number of nitrogens with one attached hydrogen (secondary N) is 2. The van der Waals surface area contributed by atoms with Crippen molar-refractivity contribution in [1.82, 2.24) is 20.2 Å².